The Labute approximate surface area is 131 Å². The minimum absolute atomic E-state index is 0.0642. The molecule has 0 N–H and O–H groups in total. The number of aryl methyl sites for hydroxylation is 1. The molecule has 2 aliphatic rings. The molecule has 0 bridgehead atoms. The molecule has 3 heterocycles. The van der Waals surface area contributed by atoms with Gasteiger partial charge in [-0.05, 0) is 25.5 Å². The van der Waals surface area contributed by atoms with Crippen molar-refractivity contribution < 1.29 is 13.2 Å². The third kappa shape index (κ3) is 2.92. The number of hydrogen-bond acceptors (Lipinski definition) is 4. The molecule has 0 saturated carbocycles. The maximum absolute atomic E-state index is 12.6. The van der Waals surface area contributed by atoms with Crippen LogP contribution in [0.4, 0.5) is 0 Å². The highest BCUT2D eigenvalue weighted by Crippen LogP contribution is 2.20. The first-order valence-corrected chi connectivity index (χ1v) is 9.55. The largest absolute Gasteiger partial charge is 0.344 e. The van der Waals surface area contributed by atoms with Gasteiger partial charge in [-0.1, -0.05) is 0 Å². The summed E-state index contributed by atoms with van der Waals surface area (Å²) in [6, 6.07) is 3.96. The van der Waals surface area contributed by atoms with E-state index >= 15 is 0 Å². The van der Waals surface area contributed by atoms with Crippen molar-refractivity contribution in [3.05, 3.63) is 23.5 Å². The van der Waals surface area contributed by atoms with Gasteiger partial charge in [-0.15, -0.1) is 0 Å². The van der Waals surface area contributed by atoms with Gasteiger partial charge in [0.25, 0.3) is 5.91 Å². The van der Waals surface area contributed by atoms with E-state index in [1.165, 1.54) is 0 Å². The van der Waals surface area contributed by atoms with Crippen molar-refractivity contribution in [2.75, 3.05) is 37.7 Å². The minimum Gasteiger partial charge on any atom is -0.344 e. The molecule has 2 aliphatic heterocycles. The van der Waals surface area contributed by atoms with E-state index in [0.717, 1.165) is 30.9 Å². The lowest BCUT2D eigenvalue weighted by atomic mass is 10.2. The van der Waals surface area contributed by atoms with Crippen LogP contribution in [0.5, 0.6) is 0 Å². The minimum atomic E-state index is -2.85. The number of piperazine rings is 1. The van der Waals surface area contributed by atoms with Gasteiger partial charge in [-0.3, -0.25) is 9.69 Å². The van der Waals surface area contributed by atoms with Gasteiger partial charge in [0.1, 0.15) is 5.69 Å². The smallest absolute Gasteiger partial charge is 0.270 e. The van der Waals surface area contributed by atoms with Crippen LogP contribution in [-0.4, -0.2) is 72.4 Å². The molecule has 1 aromatic rings. The summed E-state index contributed by atoms with van der Waals surface area (Å²) >= 11 is 0. The molecule has 0 aliphatic carbocycles. The summed E-state index contributed by atoms with van der Waals surface area (Å²) in [5, 5.41) is 0. The number of rotatable bonds is 2. The second-order valence-corrected chi connectivity index (χ2v) is 8.53. The monoisotopic (exact) mass is 325 g/mol. The zero-order valence-electron chi connectivity index (χ0n) is 13.2. The van der Waals surface area contributed by atoms with Crippen molar-refractivity contribution in [2.45, 2.75) is 19.4 Å². The first-order chi connectivity index (χ1) is 10.4. The van der Waals surface area contributed by atoms with Crippen LogP contribution in [0.3, 0.4) is 0 Å². The molecule has 6 nitrogen and oxygen atoms in total. The fourth-order valence-electron chi connectivity index (χ4n) is 3.34. The number of sulfone groups is 1. The van der Waals surface area contributed by atoms with E-state index in [2.05, 4.69) is 4.90 Å². The molecule has 1 amide bonds. The fourth-order valence-corrected chi connectivity index (χ4v) is 5.11. The number of amides is 1. The Balaban J connectivity index is 1.60. The molecule has 22 heavy (non-hydrogen) atoms. The summed E-state index contributed by atoms with van der Waals surface area (Å²) < 4.78 is 25.1. The summed E-state index contributed by atoms with van der Waals surface area (Å²) in [6.07, 6.45) is 0.729. The summed E-state index contributed by atoms with van der Waals surface area (Å²) in [5.74, 6) is 0.645. The van der Waals surface area contributed by atoms with Gasteiger partial charge in [-0.25, -0.2) is 8.42 Å². The van der Waals surface area contributed by atoms with Gasteiger partial charge in [0.05, 0.1) is 11.5 Å². The predicted molar refractivity (Wildman–Crippen MR) is 84.7 cm³/mol. The van der Waals surface area contributed by atoms with Gasteiger partial charge < -0.3 is 9.47 Å². The topological polar surface area (TPSA) is 62.6 Å². The Morgan fingerprint density at radius 3 is 2.36 bits per heavy atom. The van der Waals surface area contributed by atoms with E-state index in [1.807, 2.05) is 35.6 Å². The van der Waals surface area contributed by atoms with Crippen molar-refractivity contribution in [1.82, 2.24) is 14.4 Å². The highest BCUT2D eigenvalue weighted by atomic mass is 32.2. The van der Waals surface area contributed by atoms with Crippen LogP contribution in [0.2, 0.25) is 0 Å². The molecule has 1 aromatic heterocycles. The lowest BCUT2D eigenvalue weighted by Crippen LogP contribution is -2.52. The second kappa shape index (κ2) is 5.70. The summed E-state index contributed by atoms with van der Waals surface area (Å²) in [4.78, 5) is 16.7. The maximum atomic E-state index is 12.6. The molecular formula is C15H23N3O3S. The molecular weight excluding hydrogens is 302 g/mol. The number of carbonyl (C=O) groups is 1. The van der Waals surface area contributed by atoms with Crippen molar-refractivity contribution in [1.29, 1.82) is 0 Å². The van der Waals surface area contributed by atoms with Crippen LogP contribution in [0.15, 0.2) is 12.1 Å². The van der Waals surface area contributed by atoms with Crippen LogP contribution in [0.1, 0.15) is 22.6 Å². The molecule has 7 heteroatoms. The maximum Gasteiger partial charge on any atom is 0.270 e. The third-order valence-corrected chi connectivity index (χ3v) is 6.67. The Morgan fingerprint density at radius 1 is 1.18 bits per heavy atom. The van der Waals surface area contributed by atoms with E-state index in [0.29, 0.717) is 18.8 Å². The van der Waals surface area contributed by atoms with Crippen LogP contribution in [0.25, 0.3) is 0 Å². The van der Waals surface area contributed by atoms with Crippen LogP contribution < -0.4 is 0 Å². The lowest BCUT2D eigenvalue weighted by Gasteiger charge is -2.37. The first kappa shape index (κ1) is 15.6. The zero-order valence-corrected chi connectivity index (χ0v) is 14.0. The summed E-state index contributed by atoms with van der Waals surface area (Å²) in [5.41, 5.74) is 1.78. The SMILES string of the molecule is Cc1ccc(C(=O)N2CCN(C3CCS(=O)(=O)C3)CC2)n1C. The number of hydrogen-bond donors (Lipinski definition) is 0. The lowest BCUT2D eigenvalue weighted by molar-refractivity contribution is 0.0578. The molecule has 2 saturated heterocycles. The van der Waals surface area contributed by atoms with Crippen LogP contribution >= 0.6 is 0 Å². The summed E-state index contributed by atoms with van der Waals surface area (Å²) in [6.45, 7) is 4.83. The van der Waals surface area contributed by atoms with Gasteiger partial charge >= 0.3 is 0 Å². The van der Waals surface area contributed by atoms with Crippen molar-refractivity contribution in [3.63, 3.8) is 0 Å². The summed E-state index contributed by atoms with van der Waals surface area (Å²) in [7, 11) is -0.941. The fraction of sp³-hybridized carbons (Fsp3) is 0.667. The second-order valence-electron chi connectivity index (χ2n) is 6.30. The molecule has 3 rings (SSSR count). The van der Waals surface area contributed by atoms with E-state index in [1.54, 1.807) is 0 Å². The van der Waals surface area contributed by atoms with Gasteiger partial charge in [0, 0.05) is 45.0 Å². The zero-order chi connectivity index (χ0) is 15.9. The van der Waals surface area contributed by atoms with Gasteiger partial charge in [0.2, 0.25) is 0 Å². The Hall–Kier alpha value is -1.34. The molecule has 122 valence electrons. The Morgan fingerprint density at radius 2 is 1.86 bits per heavy atom. The van der Waals surface area contributed by atoms with Crippen LogP contribution in [-0.2, 0) is 16.9 Å². The van der Waals surface area contributed by atoms with Crippen molar-refractivity contribution >= 4 is 15.7 Å². The average Bonchev–Trinajstić information content (AvgIpc) is 3.02. The Bertz CT molecular complexity index is 672. The van der Waals surface area contributed by atoms with Crippen molar-refractivity contribution in [2.24, 2.45) is 7.05 Å². The molecule has 1 atom stereocenters. The van der Waals surface area contributed by atoms with E-state index < -0.39 is 9.84 Å². The predicted octanol–water partition coefficient (Wildman–Crippen LogP) is 0.278. The van der Waals surface area contributed by atoms with Gasteiger partial charge in [-0.2, -0.15) is 0 Å². The van der Waals surface area contributed by atoms with Gasteiger partial charge in [0.15, 0.2) is 9.84 Å². The van der Waals surface area contributed by atoms with E-state index in [-0.39, 0.29) is 17.7 Å². The number of aromatic nitrogens is 1. The van der Waals surface area contributed by atoms with Crippen molar-refractivity contribution in [3.8, 4) is 0 Å². The quantitative estimate of drug-likeness (QED) is 0.783. The van der Waals surface area contributed by atoms with E-state index in [4.69, 9.17) is 0 Å². The average molecular weight is 325 g/mol. The normalized spacial score (nSPS) is 25.5. The first-order valence-electron chi connectivity index (χ1n) is 7.73. The number of carbonyl (C=O) groups excluding carboxylic acids is 1. The highest BCUT2D eigenvalue weighted by Gasteiger charge is 2.34. The molecule has 0 aromatic carbocycles. The molecule has 0 spiro atoms. The number of nitrogens with zero attached hydrogens (tertiary/aromatic N) is 3. The standard InChI is InChI=1S/C15H23N3O3S/c1-12-3-4-14(16(12)2)15(19)18-8-6-17(7-9-18)13-5-10-22(20,21)11-13/h3-4,13H,5-11H2,1-2H3. The Kier molecular flexibility index (Phi) is 4.03. The van der Waals surface area contributed by atoms with E-state index in [9.17, 15) is 13.2 Å². The molecule has 1 unspecified atom stereocenters. The highest BCUT2D eigenvalue weighted by molar-refractivity contribution is 7.91. The molecule has 2 fully saturated rings. The molecule has 0 radical (unpaired) electrons. The van der Waals surface area contributed by atoms with Crippen LogP contribution in [0, 0.1) is 6.92 Å². The third-order valence-electron chi connectivity index (χ3n) is 4.92.